The number of aromatic nitrogens is 4. The summed E-state index contributed by atoms with van der Waals surface area (Å²) in [6, 6.07) is 3.42. The van der Waals surface area contributed by atoms with Crippen LogP contribution < -0.4 is 0 Å². The molecule has 2 fully saturated rings. The van der Waals surface area contributed by atoms with Crippen LogP contribution in [0.4, 0.5) is 22.0 Å². The van der Waals surface area contributed by atoms with E-state index in [0.29, 0.717) is 17.0 Å². The van der Waals surface area contributed by atoms with Crippen LogP contribution in [0.5, 0.6) is 0 Å². The van der Waals surface area contributed by atoms with Gasteiger partial charge in [0.2, 0.25) is 5.89 Å². The van der Waals surface area contributed by atoms with Crippen LogP contribution in [0.3, 0.4) is 0 Å². The molecule has 0 amide bonds. The fraction of sp³-hybridized carbons (Fsp3) is 0.583. The van der Waals surface area contributed by atoms with E-state index < -0.39 is 23.8 Å². The molecule has 5 rings (SSSR count). The van der Waals surface area contributed by atoms with Crippen molar-refractivity contribution in [2.45, 2.75) is 76.4 Å². The average Bonchev–Trinajstić information content (AvgIpc) is 3.61. The summed E-state index contributed by atoms with van der Waals surface area (Å²) in [6.07, 6.45) is 2.15. The lowest BCUT2D eigenvalue weighted by Crippen LogP contribution is -2.39. The summed E-state index contributed by atoms with van der Waals surface area (Å²) in [4.78, 5) is 16.0. The van der Waals surface area contributed by atoms with Crippen LogP contribution >= 0.6 is 0 Å². The summed E-state index contributed by atoms with van der Waals surface area (Å²) in [7, 11) is 0. The maximum absolute atomic E-state index is 14.6. The van der Waals surface area contributed by atoms with Crippen LogP contribution in [0.15, 0.2) is 16.7 Å². The number of carbonyl (C=O) groups is 1. The Morgan fingerprint density at radius 3 is 2.30 bits per heavy atom. The molecule has 2 aromatic heterocycles. The lowest BCUT2D eigenvalue weighted by atomic mass is 9.95. The number of rotatable bonds is 4. The Bertz CT molecular complexity index is 1240. The van der Waals surface area contributed by atoms with Crippen molar-refractivity contribution in [3.8, 4) is 5.95 Å². The fourth-order valence-electron chi connectivity index (χ4n) is 5.00. The molecule has 1 saturated carbocycles. The number of benzene rings is 1. The molecule has 3 aromatic rings. The van der Waals surface area contributed by atoms with Crippen molar-refractivity contribution in [2.24, 2.45) is 0 Å². The van der Waals surface area contributed by atoms with Gasteiger partial charge in [-0.15, -0.1) is 0 Å². The van der Waals surface area contributed by atoms with E-state index in [1.807, 2.05) is 13.8 Å². The quantitative estimate of drug-likeness (QED) is 0.442. The van der Waals surface area contributed by atoms with Gasteiger partial charge in [0.25, 0.3) is 5.95 Å². The predicted octanol–water partition coefficient (Wildman–Crippen LogP) is 5.57. The van der Waals surface area contributed by atoms with Gasteiger partial charge in [-0.2, -0.15) is 27.9 Å². The Labute approximate surface area is 209 Å². The number of nitrogens with zero attached hydrogens (tertiary/aromatic N) is 5. The minimum absolute atomic E-state index is 0.0462. The molecule has 0 bridgehead atoms. The second-order valence-electron chi connectivity index (χ2n) is 9.69. The third kappa shape index (κ3) is 5.76. The molecule has 37 heavy (non-hydrogen) atoms. The molecular formula is C24H28F5N5O3. The topological polar surface area (TPSA) is 97.3 Å². The number of fused-ring (bicyclic) bond motifs is 1. The zero-order valence-corrected chi connectivity index (χ0v) is 20.4. The van der Waals surface area contributed by atoms with Crippen LogP contribution in [0.1, 0.15) is 75.8 Å². The van der Waals surface area contributed by atoms with Gasteiger partial charge < -0.3 is 14.5 Å². The van der Waals surface area contributed by atoms with Crippen LogP contribution in [0.25, 0.3) is 16.9 Å². The van der Waals surface area contributed by atoms with E-state index in [-0.39, 0.29) is 23.3 Å². The first-order valence-corrected chi connectivity index (χ1v) is 12.2. The van der Waals surface area contributed by atoms with Gasteiger partial charge in [0.1, 0.15) is 5.52 Å². The molecule has 13 heteroatoms. The normalized spacial score (nSPS) is 17.9. The molecule has 1 aliphatic carbocycles. The monoisotopic (exact) mass is 529 g/mol. The Balaban J connectivity index is 0.000000405. The summed E-state index contributed by atoms with van der Waals surface area (Å²) >= 11 is 0. The molecule has 0 spiro atoms. The van der Waals surface area contributed by atoms with Crippen molar-refractivity contribution >= 4 is 16.9 Å². The fourth-order valence-corrected chi connectivity index (χ4v) is 5.00. The molecule has 1 saturated heterocycles. The van der Waals surface area contributed by atoms with E-state index in [0.717, 1.165) is 38.0 Å². The molecular weight excluding hydrogens is 501 g/mol. The van der Waals surface area contributed by atoms with E-state index in [4.69, 9.17) is 14.4 Å². The molecule has 0 unspecified atom stereocenters. The number of aliphatic carboxylic acids is 1. The molecule has 8 nitrogen and oxygen atoms in total. The first-order chi connectivity index (χ1) is 17.5. The zero-order valence-electron chi connectivity index (χ0n) is 20.4. The van der Waals surface area contributed by atoms with Crippen LogP contribution in [0.2, 0.25) is 0 Å². The number of hydrogen-bond acceptors (Lipinski definition) is 6. The Morgan fingerprint density at radius 1 is 1.11 bits per heavy atom. The maximum Gasteiger partial charge on any atom is 0.490 e. The Morgan fingerprint density at radius 2 is 1.73 bits per heavy atom. The van der Waals surface area contributed by atoms with Crippen molar-refractivity contribution in [2.75, 3.05) is 13.1 Å². The van der Waals surface area contributed by atoms with E-state index in [1.54, 1.807) is 6.07 Å². The van der Waals surface area contributed by atoms with Gasteiger partial charge in [0, 0.05) is 17.3 Å². The largest absolute Gasteiger partial charge is 0.490 e. The first-order valence-electron chi connectivity index (χ1n) is 12.2. The van der Waals surface area contributed by atoms with Crippen molar-refractivity contribution < 1.29 is 36.4 Å². The van der Waals surface area contributed by atoms with Gasteiger partial charge in [-0.1, -0.05) is 26.7 Å². The van der Waals surface area contributed by atoms with Crippen LogP contribution in [-0.2, 0) is 4.79 Å². The molecule has 0 atom stereocenters. The third-order valence-electron chi connectivity index (χ3n) is 6.89. The highest BCUT2D eigenvalue weighted by atomic mass is 19.4. The van der Waals surface area contributed by atoms with Crippen LogP contribution in [-0.4, -0.2) is 61.2 Å². The Kier molecular flexibility index (Phi) is 7.81. The summed E-state index contributed by atoms with van der Waals surface area (Å²) in [5, 5.41) is 16.3. The SMILES string of the molecule is CC(C)c1nn(-c2noc(C3CCN(C4CCCC4)CC3)n2)c2c(F)c(F)ccc12.O=C(O)C(F)(F)F. The molecule has 3 heterocycles. The van der Waals surface area contributed by atoms with Gasteiger partial charge in [-0.05, 0) is 62.0 Å². The predicted molar refractivity (Wildman–Crippen MR) is 122 cm³/mol. The summed E-state index contributed by atoms with van der Waals surface area (Å²) in [5.74, 6) is -3.66. The van der Waals surface area contributed by atoms with E-state index in [1.165, 1.54) is 30.4 Å². The molecule has 1 aliphatic heterocycles. The number of piperidine rings is 1. The number of carboxylic acid groups (broad SMARTS) is 1. The second kappa shape index (κ2) is 10.7. The molecule has 202 valence electrons. The van der Waals surface area contributed by atoms with Crippen molar-refractivity contribution in [1.29, 1.82) is 0 Å². The average molecular weight is 530 g/mol. The lowest BCUT2D eigenvalue weighted by molar-refractivity contribution is -0.192. The minimum atomic E-state index is -5.08. The minimum Gasteiger partial charge on any atom is -0.475 e. The summed E-state index contributed by atoms with van der Waals surface area (Å²) in [5.41, 5.74) is 0.738. The second-order valence-corrected chi connectivity index (χ2v) is 9.69. The van der Waals surface area contributed by atoms with Crippen molar-refractivity contribution in [1.82, 2.24) is 24.8 Å². The standard InChI is InChI=1S/C22H27F2N5O.C2HF3O2/c1-13(2)19-16-7-8-17(23)18(24)20(16)29(26-19)22-25-21(30-27-22)14-9-11-28(12-10-14)15-5-3-4-6-15;3-2(4,5)1(6)7/h7-8,13-15H,3-6,9-12H2,1-2H3;(H,6,7). The maximum atomic E-state index is 14.6. The zero-order chi connectivity index (χ0) is 26.9. The first kappa shape index (κ1) is 27.0. The number of likely N-dealkylation sites (tertiary alicyclic amines) is 1. The van der Waals surface area contributed by atoms with Gasteiger partial charge in [-0.3, -0.25) is 0 Å². The number of hydrogen-bond donors (Lipinski definition) is 1. The summed E-state index contributed by atoms with van der Waals surface area (Å²) < 4.78 is 67.1. The lowest BCUT2D eigenvalue weighted by Gasteiger charge is -2.34. The van der Waals surface area contributed by atoms with Gasteiger partial charge >= 0.3 is 12.1 Å². The van der Waals surface area contributed by atoms with E-state index in [2.05, 4.69) is 20.1 Å². The third-order valence-corrected chi connectivity index (χ3v) is 6.89. The van der Waals surface area contributed by atoms with Gasteiger partial charge in [-0.25, -0.2) is 13.6 Å². The van der Waals surface area contributed by atoms with E-state index in [9.17, 15) is 22.0 Å². The number of alkyl halides is 3. The molecule has 2 aliphatic rings. The van der Waals surface area contributed by atoms with Gasteiger partial charge in [0.05, 0.1) is 5.69 Å². The van der Waals surface area contributed by atoms with Crippen molar-refractivity contribution in [3.63, 3.8) is 0 Å². The number of halogens is 5. The highest BCUT2D eigenvalue weighted by Crippen LogP contribution is 2.33. The van der Waals surface area contributed by atoms with E-state index >= 15 is 0 Å². The molecule has 0 radical (unpaired) electrons. The smallest absolute Gasteiger partial charge is 0.475 e. The Hall–Kier alpha value is -3.09. The highest BCUT2D eigenvalue weighted by Gasteiger charge is 2.38. The van der Waals surface area contributed by atoms with Gasteiger partial charge in [0.15, 0.2) is 11.6 Å². The number of carboxylic acids is 1. The van der Waals surface area contributed by atoms with Crippen LogP contribution in [0, 0.1) is 11.6 Å². The molecule has 1 aromatic carbocycles. The van der Waals surface area contributed by atoms with Crippen molar-refractivity contribution in [3.05, 3.63) is 35.4 Å². The molecule has 1 N–H and O–H groups in total. The summed E-state index contributed by atoms with van der Waals surface area (Å²) in [6.45, 7) is 6.00. The highest BCUT2D eigenvalue weighted by molar-refractivity contribution is 5.84.